The van der Waals surface area contributed by atoms with Gasteiger partial charge < -0.3 is 19.7 Å². The van der Waals surface area contributed by atoms with Crippen molar-refractivity contribution in [2.24, 2.45) is 0 Å². The number of aliphatic carboxylic acids is 1. The Hall–Kier alpha value is -1.82. The molecule has 0 aliphatic carbocycles. The Bertz CT molecular complexity index is 492. The molecule has 0 amide bonds. The minimum Gasteiger partial charge on any atom is -0.479 e. The minimum atomic E-state index is -1.80. The number of carboxylic acids is 1. The Morgan fingerprint density at radius 1 is 1.39 bits per heavy atom. The van der Waals surface area contributed by atoms with Crippen LogP contribution in [0.5, 0.6) is 11.5 Å². The number of fused-ring (bicyclic) bond motifs is 1. The second-order valence-corrected chi connectivity index (χ2v) is 4.51. The van der Waals surface area contributed by atoms with Gasteiger partial charge in [0.05, 0.1) is 0 Å². The summed E-state index contributed by atoms with van der Waals surface area (Å²) in [5.74, 6) is -0.797. The first-order chi connectivity index (χ1) is 8.30. The fourth-order valence-corrected chi connectivity index (χ4v) is 1.83. The van der Waals surface area contributed by atoms with E-state index in [4.69, 9.17) is 14.6 Å². The quantitative estimate of drug-likeness (QED) is 0.861. The number of ether oxygens (including phenoxy) is 2. The van der Waals surface area contributed by atoms with Crippen molar-refractivity contribution in [3.8, 4) is 11.5 Å². The highest BCUT2D eigenvalue weighted by Crippen LogP contribution is 2.41. The lowest BCUT2D eigenvalue weighted by Crippen LogP contribution is -2.19. The molecule has 0 fully saturated rings. The summed E-state index contributed by atoms with van der Waals surface area (Å²) in [6.45, 7) is 2.55. The van der Waals surface area contributed by atoms with Crippen LogP contribution < -0.4 is 9.47 Å². The van der Waals surface area contributed by atoms with Gasteiger partial charge in [-0.05, 0) is 31.5 Å². The first-order valence-corrected chi connectivity index (χ1v) is 5.34. The molecule has 18 heavy (non-hydrogen) atoms. The minimum absolute atomic E-state index is 0.00585. The molecule has 2 rings (SSSR count). The van der Waals surface area contributed by atoms with Crippen LogP contribution in [-0.2, 0) is 10.5 Å². The van der Waals surface area contributed by atoms with Gasteiger partial charge in [-0.3, -0.25) is 0 Å². The highest BCUT2D eigenvalue weighted by atomic mass is 19.1. The average molecular weight is 256 g/mol. The number of aliphatic hydroxyl groups is 1. The number of hydrogen-bond acceptors (Lipinski definition) is 4. The van der Waals surface area contributed by atoms with Crippen LogP contribution in [0.3, 0.4) is 0 Å². The number of alkyl halides is 1. The molecule has 5 nitrogen and oxygen atoms in total. The third kappa shape index (κ3) is 2.11. The zero-order valence-electron chi connectivity index (χ0n) is 9.94. The van der Waals surface area contributed by atoms with Crippen molar-refractivity contribution in [1.82, 2.24) is 0 Å². The molecule has 0 radical (unpaired) electrons. The van der Waals surface area contributed by atoms with Crippen LogP contribution >= 0.6 is 0 Å². The zero-order valence-corrected chi connectivity index (χ0v) is 9.94. The van der Waals surface area contributed by atoms with E-state index in [1.165, 1.54) is 26.0 Å². The van der Waals surface area contributed by atoms with E-state index in [2.05, 4.69) is 0 Å². The van der Waals surface area contributed by atoms with Gasteiger partial charge in [-0.25, -0.2) is 9.18 Å². The van der Waals surface area contributed by atoms with Gasteiger partial charge in [0.15, 0.2) is 17.6 Å². The van der Waals surface area contributed by atoms with E-state index in [0.29, 0.717) is 11.5 Å². The summed E-state index contributed by atoms with van der Waals surface area (Å²) < 4.78 is 24.3. The van der Waals surface area contributed by atoms with E-state index >= 15 is 0 Å². The molecule has 1 heterocycles. The Morgan fingerprint density at radius 3 is 2.44 bits per heavy atom. The van der Waals surface area contributed by atoms with Gasteiger partial charge in [0.25, 0.3) is 0 Å². The van der Waals surface area contributed by atoms with Gasteiger partial charge in [0.1, 0.15) is 5.67 Å². The molecule has 6 heteroatoms. The van der Waals surface area contributed by atoms with Gasteiger partial charge in [-0.15, -0.1) is 0 Å². The molecular formula is C12H13FO5. The smallest absolute Gasteiger partial charge is 0.337 e. The van der Waals surface area contributed by atoms with Gasteiger partial charge >= 0.3 is 5.97 Å². The van der Waals surface area contributed by atoms with Crippen LogP contribution in [0.4, 0.5) is 4.39 Å². The molecule has 0 bridgehead atoms. The second-order valence-electron chi connectivity index (χ2n) is 4.51. The van der Waals surface area contributed by atoms with Crippen LogP contribution in [0.15, 0.2) is 12.1 Å². The van der Waals surface area contributed by atoms with E-state index in [0.717, 1.165) is 0 Å². The number of carboxylic acid groups (broad SMARTS) is 1. The first kappa shape index (κ1) is 12.6. The lowest BCUT2D eigenvalue weighted by molar-refractivity contribution is -0.147. The third-order valence-corrected chi connectivity index (χ3v) is 2.71. The van der Waals surface area contributed by atoms with Gasteiger partial charge in [0.2, 0.25) is 6.79 Å². The number of rotatable bonds is 3. The monoisotopic (exact) mass is 256 g/mol. The number of aliphatic hydroxyl groups excluding tert-OH is 1. The lowest BCUT2D eigenvalue weighted by Gasteiger charge is -2.21. The fourth-order valence-electron chi connectivity index (χ4n) is 1.83. The average Bonchev–Trinajstić information content (AvgIpc) is 2.71. The number of benzene rings is 1. The summed E-state index contributed by atoms with van der Waals surface area (Å²) in [5, 5.41) is 18.4. The van der Waals surface area contributed by atoms with Crippen molar-refractivity contribution in [2.75, 3.05) is 6.79 Å². The Labute approximate surface area is 103 Å². The van der Waals surface area contributed by atoms with E-state index in [1.54, 1.807) is 0 Å². The van der Waals surface area contributed by atoms with Gasteiger partial charge in [0, 0.05) is 5.56 Å². The normalized spacial score (nSPS) is 15.6. The predicted octanol–water partition coefficient (Wildman–Crippen LogP) is 1.74. The maximum atomic E-state index is 14.1. The largest absolute Gasteiger partial charge is 0.479 e. The molecule has 0 aromatic heterocycles. The predicted molar refractivity (Wildman–Crippen MR) is 59.3 cm³/mol. The molecule has 98 valence electrons. The highest BCUT2D eigenvalue weighted by Gasteiger charge is 2.31. The Kier molecular flexibility index (Phi) is 2.90. The van der Waals surface area contributed by atoms with Crippen LogP contribution in [0.2, 0.25) is 0 Å². The Balaban J connectivity index is 2.59. The third-order valence-electron chi connectivity index (χ3n) is 2.71. The molecule has 1 aliphatic rings. The highest BCUT2D eigenvalue weighted by molar-refractivity contribution is 5.75. The molecule has 0 saturated heterocycles. The maximum absolute atomic E-state index is 14.1. The second kappa shape index (κ2) is 4.13. The molecule has 2 N–H and O–H groups in total. The number of hydrogen-bond donors (Lipinski definition) is 2. The van der Waals surface area contributed by atoms with Gasteiger partial charge in [-0.2, -0.15) is 0 Å². The summed E-state index contributed by atoms with van der Waals surface area (Å²) in [5.41, 5.74) is -1.76. The summed E-state index contributed by atoms with van der Waals surface area (Å²) in [6.07, 6.45) is -1.80. The fraction of sp³-hybridized carbons (Fsp3) is 0.417. The van der Waals surface area contributed by atoms with Crippen LogP contribution in [0.1, 0.15) is 31.1 Å². The molecule has 1 unspecified atom stereocenters. The van der Waals surface area contributed by atoms with E-state index < -0.39 is 17.7 Å². The topological polar surface area (TPSA) is 76.0 Å². The summed E-state index contributed by atoms with van der Waals surface area (Å²) >= 11 is 0. The van der Waals surface area contributed by atoms with Crippen LogP contribution in [0, 0.1) is 0 Å². The van der Waals surface area contributed by atoms with Crippen molar-refractivity contribution in [1.29, 1.82) is 0 Å². The molecule has 1 aliphatic heterocycles. The summed E-state index contributed by atoms with van der Waals surface area (Å²) in [6, 6.07) is 2.67. The summed E-state index contributed by atoms with van der Waals surface area (Å²) in [7, 11) is 0. The zero-order chi connectivity index (χ0) is 13.5. The molecule has 1 atom stereocenters. The molecule has 1 aromatic rings. The molecule has 1 aromatic carbocycles. The SMILES string of the molecule is CC(C)(F)c1cc2c(cc1C(O)C(=O)O)OCO2. The van der Waals surface area contributed by atoms with Crippen molar-refractivity contribution in [3.05, 3.63) is 23.3 Å². The van der Waals surface area contributed by atoms with Crippen molar-refractivity contribution in [3.63, 3.8) is 0 Å². The van der Waals surface area contributed by atoms with Crippen molar-refractivity contribution < 1.29 is 28.9 Å². The first-order valence-electron chi connectivity index (χ1n) is 5.34. The van der Waals surface area contributed by atoms with E-state index in [-0.39, 0.29) is 17.9 Å². The molecule has 0 saturated carbocycles. The Morgan fingerprint density at radius 2 is 1.94 bits per heavy atom. The summed E-state index contributed by atoms with van der Waals surface area (Å²) in [4.78, 5) is 10.8. The lowest BCUT2D eigenvalue weighted by atomic mass is 9.91. The van der Waals surface area contributed by atoms with Crippen LogP contribution in [-0.4, -0.2) is 23.0 Å². The van der Waals surface area contributed by atoms with Crippen molar-refractivity contribution >= 4 is 5.97 Å². The van der Waals surface area contributed by atoms with Gasteiger partial charge in [-0.1, -0.05) is 0 Å². The number of halogens is 1. The number of carbonyl (C=O) groups is 1. The van der Waals surface area contributed by atoms with E-state index in [9.17, 15) is 14.3 Å². The van der Waals surface area contributed by atoms with E-state index in [1.807, 2.05) is 0 Å². The van der Waals surface area contributed by atoms with Crippen molar-refractivity contribution in [2.45, 2.75) is 25.6 Å². The maximum Gasteiger partial charge on any atom is 0.337 e. The molecular weight excluding hydrogens is 243 g/mol. The standard InChI is InChI=1S/C12H13FO5/c1-12(2,13)7-4-9-8(17-5-18-9)3-6(7)10(14)11(15)16/h3-4,10,14H,5H2,1-2H3,(H,15,16). The molecule has 0 spiro atoms. The van der Waals surface area contributed by atoms with Crippen LogP contribution in [0.25, 0.3) is 0 Å².